The van der Waals surface area contributed by atoms with E-state index in [0.717, 1.165) is 30.3 Å². The summed E-state index contributed by atoms with van der Waals surface area (Å²) in [6.45, 7) is 4.39. The Kier molecular flexibility index (Phi) is 6.70. The van der Waals surface area contributed by atoms with E-state index < -0.39 is 0 Å². The molecule has 0 spiro atoms. The summed E-state index contributed by atoms with van der Waals surface area (Å²) >= 11 is 5.92. The number of nitrogens with one attached hydrogen (secondary N) is 1. The first-order valence-electron chi connectivity index (χ1n) is 8.92. The zero-order valence-electron chi connectivity index (χ0n) is 15.0. The van der Waals surface area contributed by atoms with Crippen LogP contribution in [0.15, 0.2) is 72.8 Å². The van der Waals surface area contributed by atoms with Crippen molar-refractivity contribution in [3.63, 3.8) is 0 Å². The summed E-state index contributed by atoms with van der Waals surface area (Å²) in [5, 5.41) is 4.28. The molecule has 3 aromatic carbocycles. The minimum Gasteiger partial charge on any atom is -0.489 e. The molecule has 1 N–H and O–H groups in total. The standard InChI is InChI=1S/C23H24ClNO/c1-18-5-4-6-20(15-18)17-26-23-8-3-2-7-21(23)16-25-14-13-19-9-11-22(24)12-10-19/h2-12,15,25H,13-14,16-17H2,1H3. The number of para-hydroxylation sites is 1. The molecule has 0 fully saturated rings. The van der Waals surface area contributed by atoms with Gasteiger partial charge in [0.05, 0.1) is 0 Å². The first-order valence-corrected chi connectivity index (χ1v) is 9.30. The molecule has 3 aromatic rings. The van der Waals surface area contributed by atoms with Gasteiger partial charge in [0, 0.05) is 17.1 Å². The second kappa shape index (κ2) is 9.42. The number of hydrogen-bond donors (Lipinski definition) is 1. The van der Waals surface area contributed by atoms with Gasteiger partial charge >= 0.3 is 0 Å². The fraction of sp³-hybridized carbons (Fsp3) is 0.217. The SMILES string of the molecule is Cc1cccc(COc2ccccc2CNCCc2ccc(Cl)cc2)c1. The summed E-state index contributed by atoms with van der Waals surface area (Å²) in [5.74, 6) is 0.938. The van der Waals surface area contributed by atoms with E-state index in [1.807, 2.05) is 24.3 Å². The van der Waals surface area contributed by atoms with Crippen LogP contribution in [0.25, 0.3) is 0 Å². The molecule has 0 aromatic heterocycles. The molecule has 0 aliphatic carbocycles. The Morgan fingerprint density at radius 3 is 2.50 bits per heavy atom. The highest BCUT2D eigenvalue weighted by molar-refractivity contribution is 6.30. The Bertz CT molecular complexity index is 830. The molecule has 0 unspecified atom stereocenters. The summed E-state index contributed by atoms with van der Waals surface area (Å²) < 4.78 is 6.05. The third-order valence-corrected chi connectivity index (χ3v) is 4.52. The van der Waals surface area contributed by atoms with Crippen LogP contribution in [-0.4, -0.2) is 6.54 Å². The molecule has 0 aliphatic rings. The van der Waals surface area contributed by atoms with Gasteiger partial charge in [0.15, 0.2) is 0 Å². The van der Waals surface area contributed by atoms with Gasteiger partial charge < -0.3 is 10.1 Å². The van der Waals surface area contributed by atoms with Crippen LogP contribution in [0.4, 0.5) is 0 Å². The maximum atomic E-state index is 6.05. The van der Waals surface area contributed by atoms with E-state index in [1.54, 1.807) is 0 Å². The van der Waals surface area contributed by atoms with Crippen molar-refractivity contribution in [1.29, 1.82) is 0 Å². The van der Waals surface area contributed by atoms with Crippen LogP contribution >= 0.6 is 11.6 Å². The number of benzene rings is 3. The van der Waals surface area contributed by atoms with Gasteiger partial charge in [-0.15, -0.1) is 0 Å². The first-order chi connectivity index (χ1) is 12.7. The highest BCUT2D eigenvalue weighted by Gasteiger charge is 2.04. The van der Waals surface area contributed by atoms with Crippen LogP contribution in [0.5, 0.6) is 5.75 Å². The Hall–Kier alpha value is -2.29. The third-order valence-electron chi connectivity index (χ3n) is 4.27. The summed E-state index contributed by atoms with van der Waals surface area (Å²) in [6.07, 6.45) is 0.976. The normalized spacial score (nSPS) is 10.7. The van der Waals surface area contributed by atoms with E-state index in [0.29, 0.717) is 6.61 Å². The minimum absolute atomic E-state index is 0.587. The van der Waals surface area contributed by atoms with Crippen molar-refractivity contribution < 1.29 is 4.74 Å². The highest BCUT2D eigenvalue weighted by atomic mass is 35.5. The number of aryl methyl sites for hydroxylation is 1. The lowest BCUT2D eigenvalue weighted by Crippen LogP contribution is -2.17. The summed E-state index contributed by atoms with van der Waals surface area (Å²) in [4.78, 5) is 0. The topological polar surface area (TPSA) is 21.3 Å². The average Bonchev–Trinajstić information content (AvgIpc) is 2.66. The molecule has 0 aliphatic heterocycles. The van der Waals surface area contributed by atoms with Gasteiger partial charge in [0.2, 0.25) is 0 Å². The number of ether oxygens (including phenoxy) is 1. The molecule has 0 saturated carbocycles. The van der Waals surface area contributed by atoms with Gasteiger partial charge in [-0.3, -0.25) is 0 Å². The minimum atomic E-state index is 0.587. The van der Waals surface area contributed by atoms with E-state index >= 15 is 0 Å². The first kappa shape index (κ1) is 18.5. The average molecular weight is 366 g/mol. The summed E-state index contributed by atoms with van der Waals surface area (Å²) in [6, 6.07) is 24.7. The Morgan fingerprint density at radius 2 is 1.69 bits per heavy atom. The Labute approximate surface area is 160 Å². The van der Waals surface area contributed by atoms with Gasteiger partial charge in [0.1, 0.15) is 12.4 Å². The van der Waals surface area contributed by atoms with Crippen molar-refractivity contribution in [3.8, 4) is 5.75 Å². The van der Waals surface area contributed by atoms with E-state index in [1.165, 1.54) is 22.3 Å². The fourth-order valence-electron chi connectivity index (χ4n) is 2.86. The van der Waals surface area contributed by atoms with Gasteiger partial charge in [-0.25, -0.2) is 0 Å². The molecule has 3 rings (SSSR count). The van der Waals surface area contributed by atoms with Crippen molar-refractivity contribution >= 4 is 11.6 Å². The zero-order valence-corrected chi connectivity index (χ0v) is 15.8. The van der Waals surface area contributed by atoms with Crippen LogP contribution in [0.3, 0.4) is 0 Å². The lowest BCUT2D eigenvalue weighted by atomic mass is 10.1. The molecule has 134 valence electrons. The van der Waals surface area contributed by atoms with E-state index in [2.05, 4.69) is 60.8 Å². The predicted molar refractivity (Wildman–Crippen MR) is 109 cm³/mol. The second-order valence-corrected chi connectivity index (χ2v) is 6.88. The molecule has 2 nitrogen and oxygen atoms in total. The van der Waals surface area contributed by atoms with Gasteiger partial charge in [-0.1, -0.05) is 71.8 Å². The maximum Gasteiger partial charge on any atom is 0.124 e. The molecule has 0 bridgehead atoms. The fourth-order valence-corrected chi connectivity index (χ4v) is 2.99. The van der Waals surface area contributed by atoms with Crippen LogP contribution in [0.1, 0.15) is 22.3 Å². The third kappa shape index (κ3) is 5.62. The van der Waals surface area contributed by atoms with E-state index in [9.17, 15) is 0 Å². The monoisotopic (exact) mass is 365 g/mol. The smallest absolute Gasteiger partial charge is 0.124 e. The van der Waals surface area contributed by atoms with Gasteiger partial charge in [-0.05, 0) is 49.2 Å². The molecule has 26 heavy (non-hydrogen) atoms. The molecule has 0 amide bonds. The lowest BCUT2D eigenvalue weighted by Gasteiger charge is -2.13. The molecule has 3 heteroatoms. The zero-order chi connectivity index (χ0) is 18.2. The quantitative estimate of drug-likeness (QED) is 0.527. The van der Waals surface area contributed by atoms with Crippen molar-refractivity contribution in [2.45, 2.75) is 26.5 Å². The van der Waals surface area contributed by atoms with Crippen molar-refractivity contribution in [3.05, 3.63) is 100 Å². The molecule has 0 atom stereocenters. The van der Waals surface area contributed by atoms with Crippen molar-refractivity contribution in [2.24, 2.45) is 0 Å². The van der Waals surface area contributed by atoms with Crippen LogP contribution in [0, 0.1) is 6.92 Å². The van der Waals surface area contributed by atoms with Crippen LogP contribution in [-0.2, 0) is 19.6 Å². The number of rotatable bonds is 8. The van der Waals surface area contributed by atoms with E-state index in [-0.39, 0.29) is 0 Å². The number of hydrogen-bond acceptors (Lipinski definition) is 2. The molecular weight excluding hydrogens is 342 g/mol. The summed E-state index contributed by atoms with van der Waals surface area (Å²) in [5.41, 5.74) is 4.90. The highest BCUT2D eigenvalue weighted by Crippen LogP contribution is 2.19. The van der Waals surface area contributed by atoms with E-state index in [4.69, 9.17) is 16.3 Å². The molecule has 0 radical (unpaired) electrons. The largest absolute Gasteiger partial charge is 0.489 e. The van der Waals surface area contributed by atoms with Crippen molar-refractivity contribution in [2.75, 3.05) is 6.54 Å². The Balaban J connectivity index is 1.51. The van der Waals surface area contributed by atoms with Crippen LogP contribution < -0.4 is 10.1 Å². The lowest BCUT2D eigenvalue weighted by molar-refractivity contribution is 0.302. The maximum absolute atomic E-state index is 6.05. The molecule has 0 heterocycles. The predicted octanol–water partition coefficient (Wildman–Crippen LogP) is 5.56. The number of halogens is 1. The van der Waals surface area contributed by atoms with Gasteiger partial charge in [-0.2, -0.15) is 0 Å². The second-order valence-electron chi connectivity index (χ2n) is 6.44. The van der Waals surface area contributed by atoms with Crippen molar-refractivity contribution in [1.82, 2.24) is 5.32 Å². The molecular formula is C23H24ClNO. The Morgan fingerprint density at radius 1 is 0.885 bits per heavy atom. The van der Waals surface area contributed by atoms with Gasteiger partial charge in [0.25, 0.3) is 0 Å². The molecule has 0 saturated heterocycles. The van der Waals surface area contributed by atoms with Crippen LogP contribution in [0.2, 0.25) is 5.02 Å². The summed E-state index contributed by atoms with van der Waals surface area (Å²) in [7, 11) is 0.